The number of imidazole rings is 1. The Hall–Kier alpha value is -3.32. The van der Waals surface area contributed by atoms with Gasteiger partial charge >= 0.3 is 0 Å². The zero-order valence-corrected chi connectivity index (χ0v) is 14.7. The Labute approximate surface area is 153 Å². The number of fused-ring (bicyclic) bond motifs is 1. The molecule has 0 fully saturated rings. The van der Waals surface area contributed by atoms with Crippen LogP contribution in [-0.2, 0) is 0 Å². The normalized spacial score (nSPS) is 11.3. The van der Waals surface area contributed by atoms with Gasteiger partial charge in [0, 0.05) is 29.7 Å². The van der Waals surface area contributed by atoms with Crippen molar-refractivity contribution in [3.05, 3.63) is 59.2 Å². The third kappa shape index (κ3) is 2.41. The number of H-pyrrole nitrogens is 2. The van der Waals surface area contributed by atoms with E-state index in [-0.39, 0.29) is 0 Å². The smallest absolute Gasteiger partial charge is 0.178 e. The molecular weight excluding hydrogens is 344 g/mol. The lowest BCUT2D eigenvalue weighted by Gasteiger charge is -1.99. The fraction of sp³-hybridized carbons (Fsp3) is 0.0526. The summed E-state index contributed by atoms with van der Waals surface area (Å²) in [6.07, 6.45) is 5.39. The molecule has 0 bridgehead atoms. The van der Waals surface area contributed by atoms with Gasteiger partial charge in [-0.25, -0.2) is 9.97 Å². The van der Waals surface area contributed by atoms with Crippen molar-refractivity contribution in [2.45, 2.75) is 6.92 Å². The Bertz CT molecular complexity index is 1200. The molecule has 2 N–H and O–H groups in total. The molecule has 0 amide bonds. The van der Waals surface area contributed by atoms with E-state index in [0.717, 1.165) is 45.0 Å². The molecule has 0 saturated heterocycles. The maximum atomic E-state index is 4.63. The highest BCUT2D eigenvalue weighted by Crippen LogP contribution is 2.30. The largest absolute Gasteiger partial charge is 0.335 e. The highest BCUT2D eigenvalue weighted by Gasteiger charge is 2.14. The highest BCUT2D eigenvalue weighted by atomic mass is 32.1. The maximum absolute atomic E-state index is 4.63. The molecule has 5 aromatic heterocycles. The quantitative estimate of drug-likeness (QED) is 0.499. The molecule has 6 nitrogen and oxygen atoms in total. The molecule has 5 heterocycles. The van der Waals surface area contributed by atoms with Crippen LogP contribution in [0.4, 0.5) is 0 Å². The van der Waals surface area contributed by atoms with Crippen molar-refractivity contribution in [3.63, 3.8) is 0 Å². The van der Waals surface area contributed by atoms with Gasteiger partial charge in [0.05, 0.1) is 11.2 Å². The van der Waals surface area contributed by atoms with Crippen molar-refractivity contribution in [1.29, 1.82) is 0 Å². The second kappa shape index (κ2) is 5.89. The number of nitrogens with zero attached hydrogens (tertiary/aromatic N) is 4. The van der Waals surface area contributed by atoms with E-state index in [0.29, 0.717) is 5.65 Å². The van der Waals surface area contributed by atoms with Gasteiger partial charge in [-0.3, -0.25) is 10.1 Å². The van der Waals surface area contributed by atoms with Crippen LogP contribution in [0.2, 0.25) is 0 Å². The van der Waals surface area contributed by atoms with Crippen LogP contribution in [0.1, 0.15) is 5.56 Å². The summed E-state index contributed by atoms with van der Waals surface area (Å²) in [6.45, 7) is 2.05. The van der Waals surface area contributed by atoms with Gasteiger partial charge in [0.25, 0.3) is 0 Å². The van der Waals surface area contributed by atoms with Crippen LogP contribution >= 0.6 is 11.3 Å². The Morgan fingerprint density at radius 1 is 1.08 bits per heavy atom. The topological polar surface area (TPSA) is 83.1 Å². The highest BCUT2D eigenvalue weighted by molar-refractivity contribution is 7.08. The summed E-state index contributed by atoms with van der Waals surface area (Å²) in [6, 6.07) is 8.05. The molecule has 5 aromatic rings. The van der Waals surface area contributed by atoms with E-state index in [1.165, 1.54) is 0 Å². The second-order valence-electron chi connectivity index (χ2n) is 6.01. The van der Waals surface area contributed by atoms with Crippen molar-refractivity contribution in [2.24, 2.45) is 0 Å². The zero-order valence-electron chi connectivity index (χ0n) is 13.9. The van der Waals surface area contributed by atoms with Crippen molar-refractivity contribution < 1.29 is 0 Å². The summed E-state index contributed by atoms with van der Waals surface area (Å²) in [5.41, 5.74) is 7.67. The summed E-state index contributed by atoms with van der Waals surface area (Å²) in [4.78, 5) is 16.6. The van der Waals surface area contributed by atoms with E-state index in [1.807, 2.05) is 31.3 Å². The fourth-order valence-electron chi connectivity index (χ4n) is 3.01. The minimum Gasteiger partial charge on any atom is -0.335 e. The second-order valence-corrected chi connectivity index (χ2v) is 6.79. The van der Waals surface area contributed by atoms with Crippen LogP contribution in [0.5, 0.6) is 0 Å². The van der Waals surface area contributed by atoms with E-state index < -0.39 is 0 Å². The molecule has 0 aromatic carbocycles. The van der Waals surface area contributed by atoms with Gasteiger partial charge in [0.2, 0.25) is 0 Å². The molecule has 0 aliphatic rings. The molecule has 0 radical (unpaired) electrons. The van der Waals surface area contributed by atoms with Crippen LogP contribution in [0.15, 0.2) is 53.6 Å². The number of thiophene rings is 1. The molecule has 0 saturated carbocycles. The van der Waals surface area contributed by atoms with Crippen molar-refractivity contribution in [1.82, 2.24) is 30.1 Å². The number of hydrogen-bond donors (Lipinski definition) is 2. The Morgan fingerprint density at radius 3 is 2.88 bits per heavy atom. The standard InChI is InChI=1S/C19H14N6S/c1-11-2-5-20-9-14(11)15-8-16(25-24-15)18-22-17-13(12-4-7-26-10-12)3-6-21-19(17)23-18/h2-10H,1H3,(H,24,25)(H,21,22,23). The number of hydrogen-bond acceptors (Lipinski definition) is 5. The van der Waals surface area contributed by atoms with Gasteiger partial charge in [0.15, 0.2) is 11.5 Å². The van der Waals surface area contributed by atoms with Gasteiger partial charge in [-0.1, -0.05) is 0 Å². The number of aromatic amines is 2. The summed E-state index contributed by atoms with van der Waals surface area (Å²) in [7, 11) is 0. The molecule has 0 aliphatic heterocycles. The maximum Gasteiger partial charge on any atom is 0.178 e. The Morgan fingerprint density at radius 2 is 2.04 bits per heavy atom. The lowest BCUT2D eigenvalue weighted by Crippen LogP contribution is -1.84. The van der Waals surface area contributed by atoms with Gasteiger partial charge in [-0.15, -0.1) is 0 Å². The average Bonchev–Trinajstić information content (AvgIpc) is 3.40. The summed E-state index contributed by atoms with van der Waals surface area (Å²) >= 11 is 1.67. The monoisotopic (exact) mass is 358 g/mol. The van der Waals surface area contributed by atoms with Crippen LogP contribution < -0.4 is 0 Å². The van der Waals surface area contributed by atoms with Gasteiger partial charge in [0.1, 0.15) is 5.69 Å². The first-order valence-corrected chi connectivity index (χ1v) is 9.08. The predicted octanol–water partition coefficient (Wildman–Crippen LogP) is 4.45. The van der Waals surface area contributed by atoms with Crippen LogP contribution in [0.3, 0.4) is 0 Å². The summed E-state index contributed by atoms with van der Waals surface area (Å²) in [5.74, 6) is 0.718. The van der Waals surface area contributed by atoms with Crippen LogP contribution in [-0.4, -0.2) is 30.1 Å². The first-order chi connectivity index (χ1) is 12.8. The average molecular weight is 358 g/mol. The molecule has 126 valence electrons. The Balaban J connectivity index is 1.61. The van der Waals surface area contributed by atoms with E-state index in [4.69, 9.17) is 0 Å². The fourth-order valence-corrected chi connectivity index (χ4v) is 3.67. The molecule has 0 spiro atoms. The third-order valence-electron chi connectivity index (χ3n) is 4.37. The van der Waals surface area contributed by atoms with Gasteiger partial charge in [-0.2, -0.15) is 16.4 Å². The molecule has 7 heteroatoms. The molecule has 26 heavy (non-hydrogen) atoms. The molecule has 0 atom stereocenters. The lowest BCUT2D eigenvalue weighted by molar-refractivity contribution is 1.08. The van der Waals surface area contributed by atoms with Gasteiger partial charge < -0.3 is 4.98 Å². The van der Waals surface area contributed by atoms with Crippen molar-refractivity contribution in [3.8, 4) is 33.9 Å². The van der Waals surface area contributed by atoms with E-state index in [2.05, 4.69) is 47.0 Å². The first-order valence-electron chi connectivity index (χ1n) is 8.13. The zero-order chi connectivity index (χ0) is 17.5. The Kier molecular flexibility index (Phi) is 3.39. The predicted molar refractivity (Wildman–Crippen MR) is 103 cm³/mol. The van der Waals surface area contributed by atoms with Crippen molar-refractivity contribution in [2.75, 3.05) is 0 Å². The van der Waals surface area contributed by atoms with E-state index in [9.17, 15) is 0 Å². The van der Waals surface area contributed by atoms with Crippen LogP contribution in [0.25, 0.3) is 45.1 Å². The molecular formula is C19H14N6S. The summed E-state index contributed by atoms with van der Waals surface area (Å²) in [5, 5.41) is 11.7. The number of aromatic nitrogens is 6. The first kappa shape index (κ1) is 15.0. The number of rotatable bonds is 3. The van der Waals surface area contributed by atoms with E-state index >= 15 is 0 Å². The summed E-state index contributed by atoms with van der Waals surface area (Å²) < 4.78 is 0. The number of aryl methyl sites for hydroxylation is 1. The minimum atomic E-state index is 0.692. The van der Waals surface area contributed by atoms with Crippen molar-refractivity contribution >= 4 is 22.5 Å². The van der Waals surface area contributed by atoms with Gasteiger partial charge in [-0.05, 0) is 53.1 Å². The number of nitrogens with one attached hydrogen (secondary N) is 2. The van der Waals surface area contributed by atoms with Crippen LogP contribution in [0, 0.1) is 6.92 Å². The minimum absolute atomic E-state index is 0.692. The third-order valence-corrected chi connectivity index (χ3v) is 5.06. The SMILES string of the molecule is Cc1ccncc1-c1cc(-c2nc3nccc(-c4ccsc4)c3[nH]2)[nH]n1. The lowest BCUT2D eigenvalue weighted by atomic mass is 10.1. The molecule has 5 rings (SSSR count). The van der Waals surface area contributed by atoms with E-state index in [1.54, 1.807) is 23.7 Å². The molecule has 0 aliphatic carbocycles. The molecule has 0 unspecified atom stereocenters. The number of pyridine rings is 2.